The topological polar surface area (TPSA) is 102 Å². The van der Waals surface area contributed by atoms with Crippen LogP contribution in [0.2, 0.25) is 0 Å². The first-order chi connectivity index (χ1) is 13.7. The van der Waals surface area contributed by atoms with Crippen molar-refractivity contribution >= 4 is 15.8 Å². The molecule has 1 heterocycles. The van der Waals surface area contributed by atoms with Crippen molar-refractivity contribution in [1.29, 1.82) is 0 Å². The van der Waals surface area contributed by atoms with Gasteiger partial charge >= 0.3 is 0 Å². The molecule has 0 aliphatic rings. The molecule has 0 aliphatic heterocycles. The zero-order valence-corrected chi connectivity index (χ0v) is 17.2. The highest BCUT2D eigenvalue weighted by atomic mass is 32.2. The minimum atomic E-state index is -4.17. The number of aromatic nitrogens is 1. The van der Waals surface area contributed by atoms with Gasteiger partial charge in [0.1, 0.15) is 4.75 Å². The van der Waals surface area contributed by atoms with E-state index in [0.29, 0.717) is 22.5 Å². The molecule has 3 aromatic rings. The Morgan fingerprint density at radius 1 is 1.07 bits per heavy atom. The first-order valence-electron chi connectivity index (χ1n) is 9.15. The summed E-state index contributed by atoms with van der Waals surface area (Å²) in [5.74, 6) is -0.151. The number of ketones is 1. The number of carbonyl (C=O) groups excluding carboxylic acids is 1. The fourth-order valence-electron chi connectivity index (χ4n) is 3.69. The van der Waals surface area contributed by atoms with Gasteiger partial charge in [0.15, 0.2) is 0 Å². The first-order valence-corrected chi connectivity index (χ1v) is 10.7. The van der Waals surface area contributed by atoms with Crippen molar-refractivity contribution < 1.29 is 18.3 Å². The molecular weight excluding hydrogens is 388 g/mol. The van der Waals surface area contributed by atoms with Crippen LogP contribution in [0, 0.1) is 6.92 Å². The van der Waals surface area contributed by atoms with Crippen LogP contribution in [-0.4, -0.2) is 30.5 Å². The molecule has 6 nitrogen and oxygen atoms in total. The van der Waals surface area contributed by atoms with Gasteiger partial charge in [0.05, 0.1) is 12.3 Å². The minimum absolute atomic E-state index is 0.0637. The van der Waals surface area contributed by atoms with Crippen molar-refractivity contribution in [2.24, 2.45) is 12.2 Å². The SMILES string of the molecule is Cc1cc(CC(CO)(c2ccccc2)S(N)(=O)=O)n(C)c1C(=O)c1ccccc1. The second-order valence-corrected chi connectivity index (χ2v) is 9.03. The number of carbonyl (C=O) groups is 1. The molecule has 0 aliphatic carbocycles. The summed E-state index contributed by atoms with van der Waals surface area (Å²) in [5, 5.41) is 15.7. The molecule has 152 valence electrons. The van der Waals surface area contributed by atoms with Crippen molar-refractivity contribution in [2.45, 2.75) is 18.1 Å². The number of primary sulfonamides is 1. The Labute approximate surface area is 170 Å². The van der Waals surface area contributed by atoms with Gasteiger partial charge in [-0.05, 0) is 24.1 Å². The van der Waals surface area contributed by atoms with Gasteiger partial charge in [-0.3, -0.25) is 4.79 Å². The standard InChI is InChI=1S/C22H24N2O4S/c1-16-13-19(24(2)20(16)21(26)17-9-5-3-6-10-17)14-22(15-25,29(23,27)28)18-11-7-4-8-12-18/h3-13,25H,14-15H2,1-2H3,(H2,23,27,28). The third-order valence-electron chi connectivity index (χ3n) is 5.34. The number of aliphatic hydroxyl groups excluding tert-OH is 1. The van der Waals surface area contributed by atoms with Gasteiger partial charge in [0, 0.05) is 24.7 Å². The molecule has 1 unspecified atom stereocenters. The van der Waals surface area contributed by atoms with Gasteiger partial charge in [-0.1, -0.05) is 60.7 Å². The lowest BCUT2D eigenvalue weighted by atomic mass is 9.93. The number of nitrogens with two attached hydrogens (primary N) is 1. The van der Waals surface area contributed by atoms with Crippen LogP contribution in [0.25, 0.3) is 0 Å². The molecule has 1 aromatic heterocycles. The Kier molecular flexibility index (Phi) is 5.75. The molecule has 29 heavy (non-hydrogen) atoms. The number of sulfonamides is 1. The number of benzene rings is 2. The van der Waals surface area contributed by atoms with Crippen LogP contribution in [0.5, 0.6) is 0 Å². The number of hydrogen-bond acceptors (Lipinski definition) is 4. The van der Waals surface area contributed by atoms with Crippen LogP contribution in [0.4, 0.5) is 0 Å². The quantitative estimate of drug-likeness (QED) is 0.581. The molecule has 0 fully saturated rings. The summed E-state index contributed by atoms with van der Waals surface area (Å²) in [4.78, 5) is 13.0. The summed E-state index contributed by atoms with van der Waals surface area (Å²) >= 11 is 0. The van der Waals surface area contributed by atoms with Crippen molar-refractivity contribution in [1.82, 2.24) is 4.57 Å². The maximum Gasteiger partial charge on any atom is 0.221 e. The second kappa shape index (κ2) is 7.94. The Morgan fingerprint density at radius 2 is 1.62 bits per heavy atom. The number of hydrogen-bond donors (Lipinski definition) is 2. The minimum Gasteiger partial charge on any atom is -0.394 e. The van der Waals surface area contributed by atoms with Gasteiger partial charge in [-0.2, -0.15) is 0 Å². The van der Waals surface area contributed by atoms with Crippen LogP contribution < -0.4 is 5.14 Å². The zero-order chi connectivity index (χ0) is 21.2. The molecule has 0 amide bonds. The van der Waals surface area contributed by atoms with Crippen LogP contribution in [0.15, 0.2) is 66.7 Å². The Morgan fingerprint density at radius 3 is 2.14 bits per heavy atom. The fourth-order valence-corrected chi connectivity index (χ4v) is 4.68. The Hall–Kier alpha value is -2.74. The van der Waals surface area contributed by atoms with Crippen molar-refractivity contribution in [3.63, 3.8) is 0 Å². The summed E-state index contributed by atoms with van der Waals surface area (Å²) < 4.78 is 25.2. The molecule has 1 atom stereocenters. The van der Waals surface area contributed by atoms with E-state index in [9.17, 15) is 18.3 Å². The number of rotatable bonds is 7. The molecule has 0 radical (unpaired) electrons. The lowest BCUT2D eigenvalue weighted by Crippen LogP contribution is -2.46. The summed E-state index contributed by atoms with van der Waals surface area (Å²) in [7, 11) is -2.45. The highest BCUT2D eigenvalue weighted by Gasteiger charge is 2.44. The highest BCUT2D eigenvalue weighted by Crippen LogP contribution is 2.34. The van der Waals surface area contributed by atoms with E-state index in [1.54, 1.807) is 79.2 Å². The third kappa shape index (κ3) is 3.76. The summed E-state index contributed by atoms with van der Waals surface area (Å²) in [6, 6.07) is 19.1. The normalized spacial score (nSPS) is 13.8. The molecule has 0 saturated heterocycles. The maximum atomic E-state index is 13.0. The molecular formula is C22H24N2O4S. The Bertz CT molecular complexity index is 1120. The predicted octanol–water partition coefficient (Wildman–Crippen LogP) is 2.28. The van der Waals surface area contributed by atoms with Crippen LogP contribution in [0.3, 0.4) is 0 Å². The average molecular weight is 413 g/mol. The predicted molar refractivity (Wildman–Crippen MR) is 112 cm³/mol. The van der Waals surface area contributed by atoms with E-state index in [-0.39, 0.29) is 12.2 Å². The van der Waals surface area contributed by atoms with Gasteiger partial charge in [-0.15, -0.1) is 0 Å². The molecule has 3 N–H and O–H groups in total. The number of aliphatic hydroxyl groups is 1. The average Bonchev–Trinajstić information content (AvgIpc) is 2.99. The molecule has 7 heteroatoms. The molecule has 0 saturated carbocycles. The largest absolute Gasteiger partial charge is 0.394 e. The monoisotopic (exact) mass is 412 g/mol. The van der Waals surface area contributed by atoms with E-state index in [2.05, 4.69) is 0 Å². The van der Waals surface area contributed by atoms with Crippen LogP contribution >= 0.6 is 0 Å². The van der Waals surface area contributed by atoms with E-state index in [1.165, 1.54) is 0 Å². The van der Waals surface area contributed by atoms with Gasteiger partial charge in [0.2, 0.25) is 15.8 Å². The number of aryl methyl sites for hydroxylation is 1. The summed E-state index contributed by atoms with van der Waals surface area (Å²) in [6.07, 6.45) is -0.0637. The van der Waals surface area contributed by atoms with Crippen LogP contribution in [-0.2, 0) is 28.2 Å². The summed E-state index contributed by atoms with van der Waals surface area (Å²) in [5.41, 5.74) is 2.74. The van der Waals surface area contributed by atoms with Crippen LogP contribution in [0.1, 0.15) is 32.9 Å². The van der Waals surface area contributed by atoms with Crippen molar-refractivity contribution in [2.75, 3.05) is 6.61 Å². The molecule has 3 rings (SSSR count). The molecule has 2 aromatic carbocycles. The van der Waals surface area contributed by atoms with E-state index >= 15 is 0 Å². The summed E-state index contributed by atoms with van der Waals surface area (Å²) in [6.45, 7) is 1.13. The van der Waals surface area contributed by atoms with Crippen molar-refractivity contribution in [3.8, 4) is 0 Å². The second-order valence-electron chi connectivity index (χ2n) is 7.16. The Balaban J connectivity index is 2.10. The third-order valence-corrected chi connectivity index (χ3v) is 6.94. The lowest BCUT2D eigenvalue weighted by molar-refractivity contribution is 0.103. The lowest BCUT2D eigenvalue weighted by Gasteiger charge is -2.30. The first kappa shape index (κ1) is 21.0. The van der Waals surface area contributed by atoms with E-state index < -0.39 is 21.4 Å². The van der Waals surface area contributed by atoms with E-state index in [1.807, 2.05) is 6.07 Å². The van der Waals surface area contributed by atoms with E-state index in [0.717, 1.165) is 5.56 Å². The molecule has 0 spiro atoms. The highest BCUT2D eigenvalue weighted by molar-refractivity contribution is 7.90. The van der Waals surface area contributed by atoms with Crippen molar-refractivity contribution in [3.05, 3.63) is 94.8 Å². The van der Waals surface area contributed by atoms with Gasteiger partial charge in [-0.25, -0.2) is 13.6 Å². The zero-order valence-electron chi connectivity index (χ0n) is 16.4. The maximum absolute atomic E-state index is 13.0. The van der Waals surface area contributed by atoms with Gasteiger partial charge < -0.3 is 9.67 Å². The number of nitrogens with zero attached hydrogens (tertiary/aromatic N) is 1. The van der Waals surface area contributed by atoms with Gasteiger partial charge in [0.25, 0.3) is 0 Å². The smallest absolute Gasteiger partial charge is 0.221 e. The van der Waals surface area contributed by atoms with E-state index in [4.69, 9.17) is 5.14 Å². The fraction of sp³-hybridized carbons (Fsp3) is 0.227. The molecule has 0 bridgehead atoms.